The van der Waals surface area contributed by atoms with Crippen molar-refractivity contribution in [2.24, 2.45) is 4.99 Å². The van der Waals surface area contributed by atoms with Crippen LogP contribution in [0.5, 0.6) is 11.5 Å². The number of hydrogen-bond acceptors (Lipinski definition) is 5. The van der Waals surface area contributed by atoms with Crippen molar-refractivity contribution >= 4 is 50.1 Å². The monoisotopic (exact) mass is 498 g/mol. The summed E-state index contributed by atoms with van der Waals surface area (Å²) in [5.41, 5.74) is 3.40. The highest BCUT2D eigenvalue weighted by Crippen LogP contribution is 2.40. The summed E-state index contributed by atoms with van der Waals surface area (Å²) < 4.78 is 11.7. The predicted molar refractivity (Wildman–Crippen MR) is 130 cm³/mol. The number of thiophene rings is 1. The number of benzene rings is 2. The van der Waals surface area contributed by atoms with Crippen molar-refractivity contribution in [3.05, 3.63) is 68.5 Å². The molecule has 0 saturated carbocycles. The lowest BCUT2D eigenvalue weighted by molar-refractivity contribution is 0.102. The Morgan fingerprint density at radius 3 is 2.58 bits per heavy atom. The number of methoxy groups -OCH3 is 2. The Morgan fingerprint density at radius 1 is 1.10 bits per heavy atom. The van der Waals surface area contributed by atoms with Crippen molar-refractivity contribution in [1.82, 2.24) is 0 Å². The van der Waals surface area contributed by atoms with E-state index in [-0.39, 0.29) is 5.91 Å². The maximum absolute atomic E-state index is 13.2. The van der Waals surface area contributed by atoms with Crippen LogP contribution in [0.1, 0.15) is 39.2 Å². The summed E-state index contributed by atoms with van der Waals surface area (Å²) in [7, 11) is 3.23. The third-order valence-corrected chi connectivity index (χ3v) is 7.06. The number of fused-ring (bicyclic) bond motifs is 1. The van der Waals surface area contributed by atoms with E-state index < -0.39 is 0 Å². The summed E-state index contributed by atoms with van der Waals surface area (Å²) in [6.45, 7) is 0. The standard InChI is InChI=1S/C24H23BrN2O3S/c1-29-19-13-20(30-2)18(25)12-15(19)14-26-24-22(17-10-6-7-11-21(17)31-24)23(28)27-16-8-4-3-5-9-16/h3-5,8-9,12-14H,6-7,10-11H2,1-2H3,(H,27,28). The summed E-state index contributed by atoms with van der Waals surface area (Å²) >= 11 is 5.12. The van der Waals surface area contributed by atoms with Gasteiger partial charge in [-0.25, -0.2) is 4.99 Å². The van der Waals surface area contributed by atoms with Gasteiger partial charge in [-0.1, -0.05) is 18.2 Å². The number of aryl methyl sites for hydroxylation is 1. The number of anilines is 1. The third kappa shape index (κ3) is 4.67. The summed E-state index contributed by atoms with van der Waals surface area (Å²) in [5, 5.41) is 3.76. The van der Waals surface area contributed by atoms with Gasteiger partial charge in [0.15, 0.2) is 0 Å². The molecule has 1 amide bonds. The number of para-hydroxylation sites is 1. The SMILES string of the molecule is COc1cc(OC)c(C=Nc2sc3c(c2C(=O)Nc2ccccc2)CCCC3)cc1Br. The van der Waals surface area contributed by atoms with Crippen LogP contribution in [-0.4, -0.2) is 26.3 Å². The highest BCUT2D eigenvalue weighted by atomic mass is 79.9. The van der Waals surface area contributed by atoms with Crippen LogP contribution in [0.2, 0.25) is 0 Å². The minimum Gasteiger partial charge on any atom is -0.496 e. The molecular formula is C24H23BrN2O3S. The first-order valence-corrected chi connectivity index (χ1v) is 11.7. The van der Waals surface area contributed by atoms with E-state index in [1.807, 2.05) is 42.5 Å². The molecule has 1 aromatic heterocycles. The Kier molecular flexibility index (Phi) is 6.73. The van der Waals surface area contributed by atoms with E-state index in [1.54, 1.807) is 31.8 Å². The Morgan fingerprint density at radius 2 is 1.84 bits per heavy atom. The lowest BCUT2D eigenvalue weighted by Gasteiger charge is -2.12. The number of ether oxygens (including phenoxy) is 2. The molecule has 0 spiro atoms. The second kappa shape index (κ2) is 9.66. The van der Waals surface area contributed by atoms with Gasteiger partial charge in [-0.3, -0.25) is 4.79 Å². The number of hydrogen-bond donors (Lipinski definition) is 1. The normalized spacial score (nSPS) is 13.1. The number of carbonyl (C=O) groups is 1. The average molecular weight is 499 g/mol. The molecule has 0 fully saturated rings. The molecule has 160 valence electrons. The maximum Gasteiger partial charge on any atom is 0.259 e. The van der Waals surface area contributed by atoms with Crippen molar-refractivity contribution in [2.45, 2.75) is 25.7 Å². The second-order valence-corrected chi connectivity index (χ2v) is 9.14. The summed E-state index contributed by atoms with van der Waals surface area (Å²) in [6, 6.07) is 13.2. The topological polar surface area (TPSA) is 59.9 Å². The molecule has 0 saturated heterocycles. The van der Waals surface area contributed by atoms with Crippen LogP contribution in [-0.2, 0) is 12.8 Å². The molecule has 1 aliphatic carbocycles. The molecule has 7 heteroatoms. The number of nitrogens with zero attached hydrogens (tertiary/aromatic N) is 1. The van der Waals surface area contributed by atoms with Crippen LogP contribution in [0.15, 0.2) is 51.9 Å². The van der Waals surface area contributed by atoms with Crippen molar-refractivity contribution < 1.29 is 14.3 Å². The molecule has 0 radical (unpaired) electrons. The Balaban J connectivity index is 1.71. The molecular weight excluding hydrogens is 476 g/mol. The van der Waals surface area contributed by atoms with Crippen molar-refractivity contribution in [1.29, 1.82) is 0 Å². The molecule has 0 aliphatic heterocycles. The van der Waals surface area contributed by atoms with Gasteiger partial charge in [0, 0.05) is 28.4 Å². The second-order valence-electron chi connectivity index (χ2n) is 7.20. The van der Waals surface area contributed by atoms with Gasteiger partial charge in [-0.05, 0) is 65.4 Å². The molecule has 31 heavy (non-hydrogen) atoms. The zero-order valence-electron chi connectivity index (χ0n) is 17.4. The molecule has 0 bridgehead atoms. The predicted octanol–water partition coefficient (Wildman–Crippen LogP) is 6.41. The summed E-state index contributed by atoms with van der Waals surface area (Å²) in [6.07, 6.45) is 5.90. The van der Waals surface area contributed by atoms with E-state index in [9.17, 15) is 4.79 Å². The lowest BCUT2D eigenvalue weighted by atomic mass is 9.95. The molecule has 3 aromatic rings. The quantitative estimate of drug-likeness (QED) is 0.399. The van der Waals surface area contributed by atoms with Crippen LogP contribution in [0.3, 0.4) is 0 Å². The highest BCUT2D eigenvalue weighted by molar-refractivity contribution is 9.10. The molecule has 4 rings (SSSR count). The van der Waals surface area contributed by atoms with E-state index in [0.29, 0.717) is 17.1 Å². The molecule has 1 N–H and O–H groups in total. The van der Waals surface area contributed by atoms with E-state index in [2.05, 4.69) is 21.2 Å². The van der Waals surface area contributed by atoms with Crippen LogP contribution >= 0.6 is 27.3 Å². The Labute approximate surface area is 194 Å². The van der Waals surface area contributed by atoms with Gasteiger partial charge in [0.1, 0.15) is 16.5 Å². The highest BCUT2D eigenvalue weighted by Gasteiger charge is 2.25. The zero-order valence-corrected chi connectivity index (χ0v) is 19.8. The van der Waals surface area contributed by atoms with E-state index >= 15 is 0 Å². The fourth-order valence-electron chi connectivity index (χ4n) is 3.70. The van der Waals surface area contributed by atoms with Gasteiger partial charge in [0.05, 0.1) is 24.3 Å². The largest absolute Gasteiger partial charge is 0.496 e. The zero-order chi connectivity index (χ0) is 21.8. The van der Waals surface area contributed by atoms with Crippen LogP contribution in [0.4, 0.5) is 10.7 Å². The van der Waals surface area contributed by atoms with Gasteiger partial charge in [-0.15, -0.1) is 11.3 Å². The Hall–Kier alpha value is -2.64. The fourth-order valence-corrected chi connectivity index (χ4v) is 5.46. The average Bonchev–Trinajstić information content (AvgIpc) is 3.17. The van der Waals surface area contributed by atoms with Crippen molar-refractivity contribution in [3.8, 4) is 11.5 Å². The van der Waals surface area contributed by atoms with E-state index in [1.165, 1.54) is 4.88 Å². The number of amides is 1. The fraction of sp³-hybridized carbons (Fsp3) is 0.250. The van der Waals surface area contributed by atoms with Crippen LogP contribution in [0.25, 0.3) is 0 Å². The van der Waals surface area contributed by atoms with Gasteiger partial charge >= 0.3 is 0 Å². The maximum atomic E-state index is 13.2. The molecule has 0 unspecified atom stereocenters. The van der Waals surface area contributed by atoms with Crippen LogP contribution < -0.4 is 14.8 Å². The first kappa shape index (κ1) is 21.6. The molecule has 5 nitrogen and oxygen atoms in total. The number of aliphatic imine (C=N–C) groups is 1. The molecule has 2 aromatic carbocycles. The van der Waals surface area contributed by atoms with Crippen molar-refractivity contribution in [3.63, 3.8) is 0 Å². The van der Waals surface area contributed by atoms with Crippen molar-refractivity contribution in [2.75, 3.05) is 19.5 Å². The molecule has 0 atom stereocenters. The van der Waals surface area contributed by atoms with E-state index in [0.717, 1.165) is 52.0 Å². The first-order valence-electron chi connectivity index (χ1n) is 10.1. The third-order valence-electron chi connectivity index (χ3n) is 5.24. The minimum atomic E-state index is -0.111. The number of halogens is 1. The van der Waals surface area contributed by atoms with E-state index in [4.69, 9.17) is 14.5 Å². The van der Waals surface area contributed by atoms with Gasteiger partial charge < -0.3 is 14.8 Å². The minimum absolute atomic E-state index is 0.111. The number of nitrogens with one attached hydrogen (secondary N) is 1. The summed E-state index contributed by atoms with van der Waals surface area (Å²) in [5.74, 6) is 1.23. The molecule has 1 aliphatic rings. The summed E-state index contributed by atoms with van der Waals surface area (Å²) in [4.78, 5) is 19.2. The van der Waals surface area contributed by atoms with Gasteiger partial charge in [0.2, 0.25) is 0 Å². The number of carbonyl (C=O) groups excluding carboxylic acids is 1. The lowest BCUT2D eigenvalue weighted by Crippen LogP contribution is -2.14. The molecule has 1 heterocycles. The van der Waals surface area contributed by atoms with Crippen LogP contribution in [0, 0.1) is 0 Å². The Bertz CT molecular complexity index is 1130. The number of rotatable bonds is 6. The smallest absolute Gasteiger partial charge is 0.259 e. The van der Waals surface area contributed by atoms with Gasteiger partial charge in [-0.2, -0.15) is 0 Å². The van der Waals surface area contributed by atoms with Gasteiger partial charge in [0.25, 0.3) is 5.91 Å². The first-order chi connectivity index (χ1) is 15.1.